The second-order valence-corrected chi connectivity index (χ2v) is 4.06. The number of benzene rings is 1. The summed E-state index contributed by atoms with van der Waals surface area (Å²) in [5.41, 5.74) is 1.15. The fraction of sp³-hybridized carbons (Fsp3) is 0.455. The second kappa shape index (κ2) is 7.09. The Labute approximate surface area is 104 Å². The van der Waals surface area contributed by atoms with Crippen molar-refractivity contribution >= 4 is 27.5 Å². The fourth-order valence-electron chi connectivity index (χ4n) is 1.13. The Bertz CT molecular complexity index is 305. The van der Waals surface area contributed by atoms with E-state index in [1.54, 1.807) is 7.11 Å². The lowest BCUT2D eigenvalue weighted by Gasteiger charge is -2.08. The van der Waals surface area contributed by atoms with Crippen LogP contribution in [-0.4, -0.2) is 20.3 Å². The number of alkyl halides is 1. The number of halogens is 2. The zero-order valence-electron chi connectivity index (χ0n) is 8.63. The Morgan fingerprint density at radius 3 is 2.80 bits per heavy atom. The highest BCUT2D eigenvalue weighted by Crippen LogP contribution is 2.26. The summed E-state index contributed by atoms with van der Waals surface area (Å²) in [7, 11) is 1.68. The Morgan fingerprint density at radius 1 is 1.33 bits per heavy atom. The summed E-state index contributed by atoms with van der Waals surface area (Å²) in [6.07, 6.45) is 0.866. The smallest absolute Gasteiger partial charge is 0.138 e. The standard InChI is InChI=1S/C11H14BrClO2/c1-14-5-2-6-15-11-7-9(8-12)3-4-10(11)13/h3-4,7H,2,5-6,8H2,1H3. The predicted octanol–water partition coefficient (Wildman–Crippen LogP) is 3.65. The van der Waals surface area contributed by atoms with Gasteiger partial charge >= 0.3 is 0 Å². The highest BCUT2D eigenvalue weighted by Gasteiger charge is 2.02. The number of hydrogen-bond acceptors (Lipinski definition) is 2. The molecule has 2 nitrogen and oxygen atoms in total. The van der Waals surface area contributed by atoms with Crippen LogP contribution in [-0.2, 0) is 10.1 Å². The van der Waals surface area contributed by atoms with Gasteiger partial charge in [-0.2, -0.15) is 0 Å². The molecule has 0 saturated carbocycles. The SMILES string of the molecule is COCCCOc1cc(CBr)ccc1Cl. The van der Waals surface area contributed by atoms with E-state index < -0.39 is 0 Å². The molecule has 1 rings (SSSR count). The van der Waals surface area contributed by atoms with E-state index >= 15 is 0 Å². The van der Waals surface area contributed by atoms with Crippen molar-refractivity contribution in [3.8, 4) is 5.75 Å². The van der Waals surface area contributed by atoms with Gasteiger partial charge in [0.25, 0.3) is 0 Å². The van der Waals surface area contributed by atoms with Crippen molar-refractivity contribution in [2.75, 3.05) is 20.3 Å². The van der Waals surface area contributed by atoms with E-state index in [4.69, 9.17) is 21.1 Å². The van der Waals surface area contributed by atoms with Gasteiger partial charge in [-0.3, -0.25) is 0 Å². The molecule has 0 aromatic heterocycles. The van der Waals surface area contributed by atoms with E-state index in [9.17, 15) is 0 Å². The summed E-state index contributed by atoms with van der Waals surface area (Å²) in [6.45, 7) is 1.33. The zero-order chi connectivity index (χ0) is 11.1. The second-order valence-electron chi connectivity index (χ2n) is 3.09. The third-order valence-corrected chi connectivity index (χ3v) is 2.86. The third-order valence-electron chi connectivity index (χ3n) is 1.90. The van der Waals surface area contributed by atoms with Crippen molar-refractivity contribution in [1.82, 2.24) is 0 Å². The van der Waals surface area contributed by atoms with Crippen molar-refractivity contribution in [2.24, 2.45) is 0 Å². The van der Waals surface area contributed by atoms with Gasteiger partial charge in [-0.1, -0.05) is 33.6 Å². The molecule has 0 atom stereocenters. The van der Waals surface area contributed by atoms with Crippen LogP contribution in [0.3, 0.4) is 0 Å². The molecule has 4 heteroatoms. The van der Waals surface area contributed by atoms with Gasteiger partial charge in [-0.05, 0) is 17.7 Å². The molecule has 0 aliphatic carbocycles. The molecule has 0 N–H and O–H groups in total. The van der Waals surface area contributed by atoms with Gasteiger partial charge in [0, 0.05) is 25.5 Å². The summed E-state index contributed by atoms with van der Waals surface area (Å²) in [5.74, 6) is 0.740. The molecule has 1 aromatic rings. The van der Waals surface area contributed by atoms with Crippen LogP contribution < -0.4 is 4.74 Å². The van der Waals surface area contributed by atoms with E-state index in [2.05, 4.69) is 15.9 Å². The molecule has 84 valence electrons. The van der Waals surface area contributed by atoms with Gasteiger partial charge in [0.1, 0.15) is 5.75 Å². The highest BCUT2D eigenvalue weighted by molar-refractivity contribution is 9.08. The normalized spacial score (nSPS) is 10.3. The minimum Gasteiger partial charge on any atom is -0.492 e. The van der Waals surface area contributed by atoms with Crippen LogP contribution in [0.5, 0.6) is 5.75 Å². The average molecular weight is 294 g/mol. The summed E-state index contributed by atoms with van der Waals surface area (Å²) >= 11 is 9.39. The lowest BCUT2D eigenvalue weighted by Crippen LogP contribution is -2.01. The zero-order valence-corrected chi connectivity index (χ0v) is 11.0. The molecule has 15 heavy (non-hydrogen) atoms. The topological polar surface area (TPSA) is 18.5 Å². The molecule has 0 fully saturated rings. The van der Waals surface area contributed by atoms with Crippen molar-refractivity contribution in [1.29, 1.82) is 0 Å². The van der Waals surface area contributed by atoms with Gasteiger partial charge in [0.05, 0.1) is 11.6 Å². The maximum Gasteiger partial charge on any atom is 0.138 e. The van der Waals surface area contributed by atoms with Crippen LogP contribution in [0.25, 0.3) is 0 Å². The number of ether oxygens (including phenoxy) is 2. The Hall–Kier alpha value is -0.250. The lowest BCUT2D eigenvalue weighted by molar-refractivity contribution is 0.172. The van der Waals surface area contributed by atoms with Crippen molar-refractivity contribution in [3.05, 3.63) is 28.8 Å². The number of hydrogen-bond donors (Lipinski definition) is 0. The van der Waals surface area contributed by atoms with Crippen molar-refractivity contribution in [2.45, 2.75) is 11.8 Å². The number of rotatable bonds is 6. The molecular formula is C11H14BrClO2. The molecule has 0 radical (unpaired) electrons. The molecule has 1 aromatic carbocycles. The average Bonchev–Trinajstić information content (AvgIpc) is 2.26. The molecule has 0 heterocycles. The Balaban J connectivity index is 2.51. The largest absolute Gasteiger partial charge is 0.492 e. The molecule has 0 aliphatic rings. The van der Waals surface area contributed by atoms with Crippen molar-refractivity contribution < 1.29 is 9.47 Å². The Morgan fingerprint density at radius 2 is 2.13 bits per heavy atom. The van der Waals surface area contributed by atoms with E-state index in [-0.39, 0.29) is 0 Å². The third kappa shape index (κ3) is 4.41. The van der Waals surface area contributed by atoms with Crippen LogP contribution in [0.15, 0.2) is 18.2 Å². The molecule has 0 aliphatic heterocycles. The highest BCUT2D eigenvalue weighted by atomic mass is 79.9. The first-order chi connectivity index (χ1) is 7.27. The number of methoxy groups -OCH3 is 1. The van der Waals surface area contributed by atoms with Crippen LogP contribution in [0.1, 0.15) is 12.0 Å². The summed E-state index contributed by atoms with van der Waals surface area (Å²) < 4.78 is 10.5. The molecule has 0 bridgehead atoms. The van der Waals surface area contributed by atoms with Gasteiger partial charge in [0.15, 0.2) is 0 Å². The van der Waals surface area contributed by atoms with Crippen LogP contribution >= 0.6 is 27.5 Å². The predicted molar refractivity (Wildman–Crippen MR) is 66.1 cm³/mol. The van der Waals surface area contributed by atoms with Gasteiger partial charge in [-0.25, -0.2) is 0 Å². The van der Waals surface area contributed by atoms with E-state index in [0.29, 0.717) is 18.2 Å². The van der Waals surface area contributed by atoms with E-state index in [1.165, 1.54) is 0 Å². The summed E-state index contributed by atoms with van der Waals surface area (Å²) in [6, 6.07) is 5.77. The molecule has 0 amide bonds. The molecular weight excluding hydrogens is 279 g/mol. The fourth-order valence-corrected chi connectivity index (χ4v) is 1.65. The van der Waals surface area contributed by atoms with Gasteiger partial charge in [0.2, 0.25) is 0 Å². The summed E-state index contributed by atoms with van der Waals surface area (Å²) in [5, 5.41) is 1.45. The molecule has 0 spiro atoms. The Kier molecular flexibility index (Phi) is 6.06. The first-order valence-corrected chi connectivity index (χ1v) is 6.24. The van der Waals surface area contributed by atoms with Crippen LogP contribution in [0.4, 0.5) is 0 Å². The summed E-state index contributed by atoms with van der Waals surface area (Å²) in [4.78, 5) is 0. The lowest BCUT2D eigenvalue weighted by atomic mass is 10.2. The van der Waals surface area contributed by atoms with Crippen LogP contribution in [0, 0.1) is 0 Å². The molecule has 0 saturated heterocycles. The minimum absolute atomic E-state index is 0.624. The van der Waals surface area contributed by atoms with E-state index in [1.807, 2.05) is 18.2 Å². The van der Waals surface area contributed by atoms with Gasteiger partial charge in [-0.15, -0.1) is 0 Å². The molecule has 0 unspecified atom stereocenters. The van der Waals surface area contributed by atoms with E-state index in [0.717, 1.165) is 23.1 Å². The first-order valence-electron chi connectivity index (χ1n) is 4.74. The first kappa shape index (κ1) is 12.8. The quantitative estimate of drug-likeness (QED) is 0.589. The maximum atomic E-state index is 5.99. The van der Waals surface area contributed by atoms with Crippen LogP contribution in [0.2, 0.25) is 5.02 Å². The van der Waals surface area contributed by atoms with Crippen molar-refractivity contribution in [3.63, 3.8) is 0 Å². The maximum absolute atomic E-state index is 5.99. The minimum atomic E-state index is 0.624. The van der Waals surface area contributed by atoms with Gasteiger partial charge < -0.3 is 9.47 Å². The monoisotopic (exact) mass is 292 g/mol.